The Bertz CT molecular complexity index is 310. The van der Waals surface area contributed by atoms with Crippen LogP contribution in [-0.4, -0.2) is 117 Å². The predicted molar refractivity (Wildman–Crippen MR) is 92.2 cm³/mol. The molecule has 0 aromatic heterocycles. The molecule has 3 aliphatic rings. The van der Waals surface area contributed by atoms with Gasteiger partial charge in [-0.2, -0.15) is 0 Å². The third kappa shape index (κ3) is 5.17. The first-order valence-corrected chi connectivity index (χ1v) is 9.37. The SMILES string of the molecule is CN1CCN(CCCN2CCN(CCN3CCCC3)C2)CC1. The van der Waals surface area contributed by atoms with Crippen molar-refractivity contribution < 1.29 is 0 Å². The number of likely N-dealkylation sites (tertiary alicyclic amines) is 1. The van der Waals surface area contributed by atoms with Gasteiger partial charge in [-0.1, -0.05) is 0 Å². The molecule has 5 heteroatoms. The van der Waals surface area contributed by atoms with Crippen LogP contribution < -0.4 is 0 Å². The molecule has 22 heavy (non-hydrogen) atoms. The highest BCUT2D eigenvalue weighted by molar-refractivity contribution is 4.75. The minimum absolute atomic E-state index is 1.20. The zero-order valence-corrected chi connectivity index (χ0v) is 14.5. The number of likely N-dealkylation sites (N-methyl/N-ethyl adjacent to an activating group) is 1. The van der Waals surface area contributed by atoms with Crippen molar-refractivity contribution in [1.82, 2.24) is 24.5 Å². The van der Waals surface area contributed by atoms with E-state index in [0.717, 1.165) is 0 Å². The lowest BCUT2D eigenvalue weighted by Crippen LogP contribution is -2.45. The molecule has 0 spiro atoms. The molecule has 0 atom stereocenters. The van der Waals surface area contributed by atoms with Gasteiger partial charge < -0.3 is 14.7 Å². The second kappa shape index (κ2) is 8.60. The van der Waals surface area contributed by atoms with Gasteiger partial charge in [0.05, 0.1) is 6.67 Å². The standard InChI is InChI=1S/C17H35N5/c1-18-9-11-20(12-10-18)7-4-8-21-15-16-22(17-21)14-13-19-5-2-3-6-19/h2-17H2,1H3. The molecule has 0 saturated carbocycles. The molecule has 0 radical (unpaired) electrons. The summed E-state index contributed by atoms with van der Waals surface area (Å²) in [6.45, 7) is 16.6. The van der Waals surface area contributed by atoms with E-state index in [1.54, 1.807) is 0 Å². The Morgan fingerprint density at radius 3 is 1.77 bits per heavy atom. The van der Waals surface area contributed by atoms with E-state index in [-0.39, 0.29) is 0 Å². The Morgan fingerprint density at radius 2 is 1.05 bits per heavy atom. The van der Waals surface area contributed by atoms with Gasteiger partial charge >= 0.3 is 0 Å². The molecule has 3 fully saturated rings. The minimum Gasteiger partial charge on any atom is -0.304 e. The number of hydrogen-bond donors (Lipinski definition) is 0. The molecule has 5 nitrogen and oxygen atoms in total. The van der Waals surface area contributed by atoms with Crippen LogP contribution in [0.25, 0.3) is 0 Å². The summed E-state index contributed by atoms with van der Waals surface area (Å²) in [4.78, 5) is 13.0. The van der Waals surface area contributed by atoms with Gasteiger partial charge in [0.2, 0.25) is 0 Å². The second-order valence-electron chi connectivity index (χ2n) is 7.42. The number of hydrogen-bond acceptors (Lipinski definition) is 5. The van der Waals surface area contributed by atoms with Crippen LogP contribution >= 0.6 is 0 Å². The monoisotopic (exact) mass is 309 g/mol. The van der Waals surface area contributed by atoms with Crippen molar-refractivity contribution in [1.29, 1.82) is 0 Å². The Labute approximate surface area is 136 Å². The van der Waals surface area contributed by atoms with E-state index in [9.17, 15) is 0 Å². The summed E-state index contributed by atoms with van der Waals surface area (Å²) in [7, 11) is 2.23. The zero-order chi connectivity index (χ0) is 15.2. The smallest absolute Gasteiger partial charge is 0.0507 e. The third-order valence-corrected chi connectivity index (χ3v) is 5.61. The van der Waals surface area contributed by atoms with E-state index < -0.39 is 0 Å². The van der Waals surface area contributed by atoms with Crippen molar-refractivity contribution in [3.63, 3.8) is 0 Å². The van der Waals surface area contributed by atoms with Crippen molar-refractivity contribution in [2.75, 3.05) is 92.3 Å². The molecule has 0 N–H and O–H groups in total. The van der Waals surface area contributed by atoms with Crippen molar-refractivity contribution in [3.8, 4) is 0 Å². The van der Waals surface area contributed by atoms with E-state index >= 15 is 0 Å². The maximum atomic E-state index is 2.65. The fourth-order valence-corrected chi connectivity index (χ4v) is 3.95. The molecule has 128 valence electrons. The summed E-state index contributed by atoms with van der Waals surface area (Å²) in [6.07, 6.45) is 4.17. The van der Waals surface area contributed by atoms with Gasteiger partial charge in [0.1, 0.15) is 0 Å². The largest absolute Gasteiger partial charge is 0.304 e. The van der Waals surface area contributed by atoms with Gasteiger partial charge in [-0.25, -0.2) is 0 Å². The summed E-state index contributed by atoms with van der Waals surface area (Å²) in [5.74, 6) is 0. The predicted octanol–water partition coefficient (Wildman–Crippen LogP) is 0.295. The molecule has 0 bridgehead atoms. The minimum atomic E-state index is 1.20. The average Bonchev–Trinajstić information content (AvgIpc) is 3.19. The maximum Gasteiger partial charge on any atom is 0.0507 e. The Balaban J connectivity index is 1.23. The van der Waals surface area contributed by atoms with Crippen LogP contribution in [0.5, 0.6) is 0 Å². The van der Waals surface area contributed by atoms with Crippen LogP contribution in [-0.2, 0) is 0 Å². The van der Waals surface area contributed by atoms with E-state index in [4.69, 9.17) is 0 Å². The lowest BCUT2D eigenvalue weighted by atomic mass is 10.3. The van der Waals surface area contributed by atoms with Crippen LogP contribution in [0.4, 0.5) is 0 Å². The topological polar surface area (TPSA) is 16.2 Å². The summed E-state index contributed by atoms with van der Waals surface area (Å²) in [5.41, 5.74) is 0. The van der Waals surface area contributed by atoms with E-state index in [1.165, 1.54) is 104 Å². The first-order chi connectivity index (χ1) is 10.8. The van der Waals surface area contributed by atoms with E-state index in [1.807, 2.05) is 0 Å². The van der Waals surface area contributed by atoms with Crippen molar-refractivity contribution in [2.45, 2.75) is 19.3 Å². The van der Waals surface area contributed by atoms with Crippen LogP contribution in [0.15, 0.2) is 0 Å². The van der Waals surface area contributed by atoms with Crippen LogP contribution in [0.2, 0.25) is 0 Å². The summed E-state index contributed by atoms with van der Waals surface area (Å²) >= 11 is 0. The van der Waals surface area contributed by atoms with Crippen molar-refractivity contribution in [2.24, 2.45) is 0 Å². The normalized spacial score (nSPS) is 27.1. The molecule has 0 aromatic rings. The summed E-state index contributed by atoms with van der Waals surface area (Å²) < 4.78 is 0. The fraction of sp³-hybridized carbons (Fsp3) is 1.00. The second-order valence-corrected chi connectivity index (χ2v) is 7.42. The molecule has 0 unspecified atom stereocenters. The molecule has 3 saturated heterocycles. The van der Waals surface area contributed by atoms with Gasteiger partial charge in [0.25, 0.3) is 0 Å². The first kappa shape index (κ1) is 16.7. The van der Waals surface area contributed by atoms with Gasteiger partial charge in [0.15, 0.2) is 0 Å². The lowest BCUT2D eigenvalue weighted by molar-refractivity contribution is 0.145. The van der Waals surface area contributed by atoms with Crippen LogP contribution in [0.3, 0.4) is 0 Å². The van der Waals surface area contributed by atoms with Gasteiger partial charge in [-0.15, -0.1) is 0 Å². The van der Waals surface area contributed by atoms with Crippen molar-refractivity contribution in [3.05, 3.63) is 0 Å². The van der Waals surface area contributed by atoms with Crippen molar-refractivity contribution >= 4 is 0 Å². The molecular weight excluding hydrogens is 274 g/mol. The number of piperazine rings is 1. The van der Waals surface area contributed by atoms with E-state index in [0.29, 0.717) is 0 Å². The summed E-state index contributed by atoms with van der Waals surface area (Å²) in [6, 6.07) is 0. The number of rotatable bonds is 7. The highest BCUT2D eigenvalue weighted by atomic mass is 15.4. The fourth-order valence-electron chi connectivity index (χ4n) is 3.95. The third-order valence-electron chi connectivity index (χ3n) is 5.61. The molecule has 0 amide bonds. The van der Waals surface area contributed by atoms with Gasteiger partial charge in [0, 0.05) is 58.9 Å². The first-order valence-electron chi connectivity index (χ1n) is 9.37. The summed E-state index contributed by atoms with van der Waals surface area (Å²) in [5, 5.41) is 0. The molecule has 3 rings (SSSR count). The zero-order valence-electron chi connectivity index (χ0n) is 14.5. The highest BCUT2D eigenvalue weighted by Gasteiger charge is 2.21. The quantitative estimate of drug-likeness (QED) is 0.670. The van der Waals surface area contributed by atoms with E-state index in [2.05, 4.69) is 31.5 Å². The molecule has 3 aliphatic heterocycles. The molecule has 3 heterocycles. The average molecular weight is 310 g/mol. The highest BCUT2D eigenvalue weighted by Crippen LogP contribution is 2.10. The Kier molecular flexibility index (Phi) is 6.51. The van der Waals surface area contributed by atoms with Crippen LogP contribution in [0.1, 0.15) is 19.3 Å². The Morgan fingerprint density at radius 1 is 0.545 bits per heavy atom. The van der Waals surface area contributed by atoms with Gasteiger partial charge in [-0.3, -0.25) is 9.80 Å². The lowest BCUT2D eigenvalue weighted by Gasteiger charge is -2.32. The van der Waals surface area contributed by atoms with Gasteiger partial charge in [-0.05, 0) is 45.9 Å². The Hall–Kier alpha value is -0.200. The van der Waals surface area contributed by atoms with Crippen LogP contribution in [0, 0.1) is 0 Å². The number of nitrogens with zero attached hydrogens (tertiary/aromatic N) is 5. The molecule has 0 aromatic carbocycles. The maximum absolute atomic E-state index is 2.65. The molecular formula is C17H35N5. The molecule has 0 aliphatic carbocycles.